The molecule has 5 aliphatic rings. The Morgan fingerprint density at radius 3 is 2.68 bits per heavy atom. The minimum Gasteiger partial charge on any atom is -0.394 e. The first kappa shape index (κ1) is 26.8. The summed E-state index contributed by atoms with van der Waals surface area (Å²) in [6, 6.07) is 8.03. The molecule has 5 fully saturated rings. The number of benzene rings is 1. The molecule has 7 atom stereocenters. The molecule has 1 aromatic carbocycles. The summed E-state index contributed by atoms with van der Waals surface area (Å²) in [5, 5.41) is 15.3. The fourth-order valence-electron chi connectivity index (χ4n) is 7.66. The van der Waals surface area contributed by atoms with Crippen molar-refractivity contribution in [1.82, 2.24) is 10.4 Å². The first-order chi connectivity index (χ1) is 17.7. The topological polar surface area (TPSA) is 77.4 Å². The van der Waals surface area contributed by atoms with Gasteiger partial charge in [-0.15, -0.1) is 0 Å². The van der Waals surface area contributed by atoms with Crippen molar-refractivity contribution in [2.45, 2.75) is 66.2 Å². The van der Waals surface area contributed by atoms with Gasteiger partial charge in [0.25, 0.3) is 5.91 Å². The molecule has 2 heterocycles. The first-order valence-corrected chi connectivity index (χ1v) is 14.4. The number of carbonyl (C=O) groups excluding carboxylic acids is 1. The number of carbonyl (C=O) groups is 1. The molecule has 7 nitrogen and oxygen atoms in total. The van der Waals surface area contributed by atoms with Crippen LogP contribution in [0.5, 0.6) is 0 Å². The van der Waals surface area contributed by atoms with E-state index >= 15 is 0 Å². The monoisotopic (exact) mass is 510 g/mol. The number of hydrogen-bond donors (Lipinski definition) is 2. The van der Waals surface area contributed by atoms with Crippen LogP contribution in [0.4, 0.5) is 5.69 Å². The highest BCUT2D eigenvalue weighted by atomic mass is 16.7. The van der Waals surface area contributed by atoms with Crippen LogP contribution in [0.3, 0.4) is 0 Å². The molecule has 2 bridgehead atoms. The molecule has 3 saturated carbocycles. The summed E-state index contributed by atoms with van der Waals surface area (Å²) in [6.07, 6.45) is 3.99. The molecule has 3 aliphatic carbocycles. The van der Waals surface area contributed by atoms with Gasteiger partial charge in [-0.1, -0.05) is 46.8 Å². The van der Waals surface area contributed by atoms with Crippen molar-refractivity contribution in [2.75, 3.05) is 37.7 Å². The van der Waals surface area contributed by atoms with Crippen LogP contribution < -0.4 is 10.2 Å². The van der Waals surface area contributed by atoms with Gasteiger partial charge >= 0.3 is 0 Å². The van der Waals surface area contributed by atoms with Crippen LogP contribution in [-0.2, 0) is 16.2 Å². The molecular formula is C30H46N4O3. The molecule has 2 N–H and O–H groups in total. The Morgan fingerprint density at radius 2 is 2.03 bits per heavy atom. The van der Waals surface area contributed by atoms with Gasteiger partial charge in [0, 0.05) is 44.0 Å². The van der Waals surface area contributed by atoms with E-state index in [1.165, 1.54) is 12.1 Å². The molecule has 37 heavy (non-hydrogen) atoms. The summed E-state index contributed by atoms with van der Waals surface area (Å²) in [4.78, 5) is 26.9. The van der Waals surface area contributed by atoms with Gasteiger partial charge in [0.1, 0.15) is 12.1 Å². The van der Waals surface area contributed by atoms with Crippen LogP contribution in [-0.4, -0.2) is 67.2 Å². The largest absolute Gasteiger partial charge is 0.394 e. The number of aliphatic imine (C=N–C) groups is 1. The Kier molecular flexibility index (Phi) is 7.79. The predicted octanol–water partition coefficient (Wildman–Crippen LogP) is 3.76. The third-order valence-electron chi connectivity index (χ3n) is 10.1. The van der Waals surface area contributed by atoms with Gasteiger partial charge < -0.3 is 15.3 Å². The average Bonchev–Trinajstić information content (AvgIpc) is 3.26. The van der Waals surface area contributed by atoms with E-state index in [2.05, 4.69) is 74.1 Å². The highest BCUT2D eigenvalue weighted by Crippen LogP contribution is 2.62. The lowest BCUT2D eigenvalue weighted by molar-refractivity contribution is -0.180. The lowest BCUT2D eigenvalue weighted by Crippen LogP contribution is -2.55. The summed E-state index contributed by atoms with van der Waals surface area (Å²) in [6.45, 7) is 15.7. The molecular weight excluding hydrogens is 464 g/mol. The van der Waals surface area contributed by atoms with Crippen molar-refractivity contribution in [2.24, 2.45) is 45.9 Å². The number of nitrogens with one attached hydrogen (secondary N) is 1. The summed E-state index contributed by atoms with van der Waals surface area (Å²) in [7, 11) is 0. The smallest absolute Gasteiger partial charge is 0.265 e. The number of amides is 1. The van der Waals surface area contributed by atoms with E-state index in [-0.39, 0.29) is 24.3 Å². The molecule has 1 unspecified atom stereocenters. The number of hydrogen-bond acceptors (Lipinski definition) is 6. The minimum atomic E-state index is -0.499. The zero-order chi connectivity index (χ0) is 26.3. The molecule has 1 aromatic rings. The number of nitrogens with zero attached hydrogens (tertiary/aromatic N) is 3. The Morgan fingerprint density at radius 1 is 1.27 bits per heavy atom. The van der Waals surface area contributed by atoms with Crippen molar-refractivity contribution in [1.29, 1.82) is 0 Å². The highest BCUT2D eigenvalue weighted by molar-refractivity contribution is 5.90. The number of hydroxylamine groups is 2. The van der Waals surface area contributed by atoms with E-state index in [1.54, 1.807) is 5.06 Å². The summed E-state index contributed by atoms with van der Waals surface area (Å²) in [5.41, 5.74) is 2.72. The first-order valence-electron chi connectivity index (χ1n) is 14.4. The van der Waals surface area contributed by atoms with Crippen LogP contribution in [0.1, 0.15) is 53.0 Å². The van der Waals surface area contributed by atoms with Crippen LogP contribution in [0, 0.1) is 40.9 Å². The lowest BCUT2D eigenvalue weighted by Gasteiger charge is -2.61. The fourth-order valence-corrected chi connectivity index (χ4v) is 7.66. The van der Waals surface area contributed by atoms with Crippen molar-refractivity contribution in [3.63, 3.8) is 0 Å². The SMILES string of the molecule is CC(C)[C@@H]1[C@H](CO)ON(Cc2cccc(N3CCNCC3)c2)[C@@H]1C(=O)N=CC1C[C@H]2C[C@@H]([C@@H]1C)C2(C)C. The summed E-state index contributed by atoms with van der Waals surface area (Å²) >= 11 is 0. The van der Waals surface area contributed by atoms with E-state index in [0.29, 0.717) is 29.7 Å². The van der Waals surface area contributed by atoms with E-state index in [0.717, 1.165) is 44.1 Å². The van der Waals surface area contributed by atoms with Gasteiger partial charge in [-0.25, -0.2) is 4.99 Å². The number of anilines is 1. The number of piperazine rings is 1. The molecule has 2 aliphatic heterocycles. The maximum atomic E-state index is 13.7. The van der Waals surface area contributed by atoms with Gasteiger partial charge in [0.2, 0.25) is 0 Å². The second-order valence-corrected chi connectivity index (χ2v) is 12.8. The van der Waals surface area contributed by atoms with Crippen molar-refractivity contribution < 1.29 is 14.7 Å². The standard InChI is InChI=1S/C30H46N4O3/c1-19(2)27-26(18-35)37-34(17-21-7-6-8-24(13-21)33-11-9-31-10-12-33)28(27)29(36)32-16-22-14-23-15-25(20(22)3)30(23,4)5/h6-8,13,16,19-20,22-23,25-28,31,35H,9-12,14-15,17-18H2,1-5H3/t20-,22?,23+,25+,26+,27-,28+/m1/s1. The van der Waals surface area contributed by atoms with Gasteiger partial charge in [0.15, 0.2) is 0 Å². The normalized spacial score (nSPS) is 35.8. The minimum absolute atomic E-state index is 0.105. The number of rotatable bonds is 7. The Labute approximate surface area is 222 Å². The van der Waals surface area contributed by atoms with E-state index in [1.807, 2.05) is 6.21 Å². The Hall–Kier alpha value is -1.80. The molecule has 6 rings (SSSR count). The summed E-state index contributed by atoms with van der Waals surface area (Å²) < 4.78 is 0. The van der Waals surface area contributed by atoms with Gasteiger partial charge in [-0.3, -0.25) is 9.63 Å². The average molecular weight is 511 g/mol. The maximum absolute atomic E-state index is 13.7. The zero-order valence-corrected chi connectivity index (χ0v) is 23.3. The van der Waals surface area contributed by atoms with Gasteiger partial charge in [-0.2, -0.15) is 5.06 Å². The lowest BCUT2D eigenvalue weighted by atomic mass is 9.43. The third kappa shape index (κ3) is 5.12. The van der Waals surface area contributed by atoms with Crippen LogP contribution in [0.25, 0.3) is 0 Å². The molecule has 1 amide bonds. The number of aliphatic hydroxyl groups is 1. The second-order valence-electron chi connectivity index (χ2n) is 12.8. The highest BCUT2D eigenvalue weighted by Gasteiger charge is 2.56. The molecule has 0 aromatic heterocycles. The van der Waals surface area contributed by atoms with Crippen LogP contribution in [0.15, 0.2) is 29.3 Å². The van der Waals surface area contributed by atoms with Crippen LogP contribution >= 0.6 is 0 Å². The molecule has 7 heteroatoms. The predicted molar refractivity (Wildman–Crippen MR) is 147 cm³/mol. The van der Waals surface area contributed by atoms with Gasteiger partial charge in [-0.05, 0) is 65.5 Å². The van der Waals surface area contributed by atoms with E-state index in [9.17, 15) is 9.90 Å². The number of fused-ring (bicyclic) bond motifs is 2. The molecule has 204 valence electrons. The molecule has 0 spiro atoms. The van der Waals surface area contributed by atoms with Crippen molar-refractivity contribution in [3.05, 3.63) is 29.8 Å². The summed E-state index contributed by atoms with van der Waals surface area (Å²) in [5.74, 6) is 2.29. The number of aliphatic hydroxyl groups excluding tert-OH is 1. The Bertz CT molecular complexity index is 989. The second kappa shape index (κ2) is 10.8. The third-order valence-corrected chi connectivity index (χ3v) is 10.1. The van der Waals surface area contributed by atoms with Gasteiger partial charge in [0.05, 0.1) is 13.2 Å². The van der Waals surface area contributed by atoms with Crippen molar-refractivity contribution in [3.8, 4) is 0 Å². The van der Waals surface area contributed by atoms with Crippen LogP contribution in [0.2, 0.25) is 0 Å². The fraction of sp³-hybridized carbons (Fsp3) is 0.733. The Balaban J connectivity index is 1.33. The molecule has 2 saturated heterocycles. The zero-order valence-electron chi connectivity index (χ0n) is 23.3. The van der Waals surface area contributed by atoms with Crippen molar-refractivity contribution >= 4 is 17.8 Å². The van der Waals surface area contributed by atoms with E-state index < -0.39 is 12.1 Å². The quantitative estimate of drug-likeness (QED) is 0.544. The van der Waals surface area contributed by atoms with E-state index in [4.69, 9.17) is 4.84 Å². The molecule has 0 radical (unpaired) electrons. The maximum Gasteiger partial charge on any atom is 0.265 e.